The number of aromatic nitrogens is 2. The van der Waals surface area contributed by atoms with Crippen molar-refractivity contribution < 1.29 is 13.2 Å². The molecule has 0 bridgehead atoms. The van der Waals surface area contributed by atoms with Gasteiger partial charge in [0.25, 0.3) is 0 Å². The third-order valence-electron chi connectivity index (χ3n) is 2.05. The summed E-state index contributed by atoms with van der Waals surface area (Å²) in [6.45, 7) is 2.06. The van der Waals surface area contributed by atoms with Gasteiger partial charge in [0.15, 0.2) is 0 Å². The summed E-state index contributed by atoms with van der Waals surface area (Å²) in [6, 6.07) is 3.05. The topological polar surface area (TPSA) is 72.4 Å². The molecule has 0 saturated carbocycles. The molecule has 0 amide bonds. The summed E-state index contributed by atoms with van der Waals surface area (Å²) < 4.78 is 29.3. The minimum absolute atomic E-state index is 0.0535. The van der Waals surface area contributed by atoms with Crippen LogP contribution in [-0.4, -0.2) is 49.1 Å². The van der Waals surface area contributed by atoms with Crippen molar-refractivity contribution >= 4 is 10.0 Å². The van der Waals surface area contributed by atoms with Crippen LogP contribution in [0, 0.1) is 13.0 Å². The number of sulfonamides is 1. The molecule has 0 aliphatic heterocycles. The third kappa shape index (κ3) is 4.66. The van der Waals surface area contributed by atoms with E-state index in [1.807, 2.05) is 0 Å². The van der Waals surface area contributed by atoms with Gasteiger partial charge in [-0.15, -0.1) is 0 Å². The first-order valence-electron chi connectivity index (χ1n) is 5.16. The van der Waals surface area contributed by atoms with E-state index in [9.17, 15) is 8.42 Å². The highest BCUT2D eigenvalue weighted by atomic mass is 32.2. The van der Waals surface area contributed by atoms with Gasteiger partial charge in [0.05, 0.1) is 18.1 Å². The molecule has 0 saturated heterocycles. The summed E-state index contributed by atoms with van der Waals surface area (Å²) in [5.74, 6) is 0.0535. The van der Waals surface area contributed by atoms with Crippen molar-refractivity contribution in [3.63, 3.8) is 0 Å². The van der Waals surface area contributed by atoms with Crippen LogP contribution in [0.1, 0.15) is 12.1 Å². The number of ether oxygens (including phenoxy) is 1. The molecule has 17 heavy (non-hydrogen) atoms. The van der Waals surface area contributed by atoms with Crippen LogP contribution in [0.4, 0.5) is 0 Å². The fourth-order valence-electron chi connectivity index (χ4n) is 1.04. The molecule has 0 aliphatic rings. The second-order valence-electron chi connectivity index (χ2n) is 3.68. The first-order valence-corrected chi connectivity index (χ1v) is 6.77. The minimum Gasteiger partial charge on any atom is -0.463 e. The Balaban J connectivity index is 2.35. The number of nitrogens with zero attached hydrogens (tertiary/aromatic N) is 3. The first kappa shape index (κ1) is 13.9. The monoisotopic (exact) mass is 258 g/mol. The molecule has 1 aromatic heterocycles. The molecule has 0 aromatic carbocycles. The average Bonchev–Trinajstić information content (AvgIpc) is 2.24. The smallest absolute Gasteiger partial charge is 0.316 e. The zero-order valence-corrected chi connectivity index (χ0v) is 11.0. The predicted octanol–water partition coefficient (Wildman–Crippen LogP) is 0.246. The number of hydrogen-bond donors (Lipinski definition) is 0. The molecule has 0 atom stereocenters. The van der Waals surface area contributed by atoms with Gasteiger partial charge in [0, 0.05) is 26.4 Å². The quantitative estimate of drug-likeness (QED) is 0.684. The van der Waals surface area contributed by atoms with E-state index >= 15 is 0 Å². The molecule has 0 fully saturated rings. The van der Waals surface area contributed by atoms with Crippen molar-refractivity contribution in [3.05, 3.63) is 18.0 Å². The highest BCUT2D eigenvalue weighted by molar-refractivity contribution is 7.89. The summed E-state index contributed by atoms with van der Waals surface area (Å²) in [7, 11) is -0.135. The fraction of sp³-hybridized carbons (Fsp3) is 0.600. The van der Waals surface area contributed by atoms with Gasteiger partial charge < -0.3 is 4.74 Å². The standard InChI is InChI=1S/C10H16N3O3S/c1-9-5-6-11-10(12-9)16-7-4-8-17(14,15)13(2)3/h6H,4,7-8H2,1-3H3. The van der Waals surface area contributed by atoms with E-state index in [-0.39, 0.29) is 18.4 Å². The zero-order valence-electron chi connectivity index (χ0n) is 10.2. The van der Waals surface area contributed by atoms with E-state index in [1.165, 1.54) is 24.6 Å². The molecule has 1 radical (unpaired) electrons. The van der Waals surface area contributed by atoms with Crippen molar-refractivity contribution in [2.75, 3.05) is 26.5 Å². The zero-order chi connectivity index (χ0) is 12.9. The van der Waals surface area contributed by atoms with Crippen LogP contribution in [0.25, 0.3) is 0 Å². The lowest BCUT2D eigenvalue weighted by atomic mass is 10.5. The van der Waals surface area contributed by atoms with E-state index in [2.05, 4.69) is 16.0 Å². The van der Waals surface area contributed by atoms with E-state index in [0.29, 0.717) is 12.1 Å². The van der Waals surface area contributed by atoms with E-state index in [1.54, 1.807) is 6.92 Å². The van der Waals surface area contributed by atoms with Crippen molar-refractivity contribution in [2.45, 2.75) is 13.3 Å². The van der Waals surface area contributed by atoms with Crippen LogP contribution in [0.5, 0.6) is 6.01 Å². The molecule has 0 aliphatic carbocycles. The highest BCUT2D eigenvalue weighted by Crippen LogP contribution is 2.03. The second-order valence-corrected chi connectivity index (χ2v) is 5.99. The Kier molecular flexibility index (Phi) is 4.83. The largest absolute Gasteiger partial charge is 0.463 e. The van der Waals surface area contributed by atoms with Crippen LogP contribution < -0.4 is 4.74 Å². The molecule has 0 spiro atoms. The Morgan fingerprint density at radius 1 is 1.47 bits per heavy atom. The van der Waals surface area contributed by atoms with Gasteiger partial charge in [0.2, 0.25) is 10.0 Å². The van der Waals surface area contributed by atoms with Crippen LogP contribution in [0.15, 0.2) is 6.20 Å². The molecular formula is C10H16N3O3S. The summed E-state index contributed by atoms with van der Waals surface area (Å²) in [6.07, 6.45) is 1.88. The van der Waals surface area contributed by atoms with Gasteiger partial charge in [-0.05, 0) is 13.3 Å². The Hall–Kier alpha value is -1.21. The van der Waals surface area contributed by atoms with Crippen molar-refractivity contribution in [3.8, 4) is 6.01 Å². The molecule has 0 N–H and O–H groups in total. The van der Waals surface area contributed by atoms with Crippen molar-refractivity contribution in [1.82, 2.24) is 14.3 Å². The summed E-state index contributed by atoms with van der Waals surface area (Å²) in [5, 5.41) is 0. The van der Waals surface area contributed by atoms with Crippen molar-refractivity contribution in [1.29, 1.82) is 0 Å². The first-order chi connectivity index (χ1) is 7.92. The molecule has 6 nitrogen and oxygen atoms in total. The third-order valence-corrected chi connectivity index (χ3v) is 3.96. The van der Waals surface area contributed by atoms with Gasteiger partial charge in [-0.3, -0.25) is 0 Å². The van der Waals surface area contributed by atoms with Gasteiger partial charge >= 0.3 is 6.01 Å². The molecule has 95 valence electrons. The van der Waals surface area contributed by atoms with E-state index < -0.39 is 10.0 Å². The lowest BCUT2D eigenvalue weighted by Crippen LogP contribution is -2.26. The maximum Gasteiger partial charge on any atom is 0.316 e. The summed E-state index contributed by atoms with van der Waals surface area (Å²) >= 11 is 0. The lowest BCUT2D eigenvalue weighted by molar-refractivity contribution is 0.291. The molecule has 1 aromatic rings. The van der Waals surface area contributed by atoms with Gasteiger partial charge in [0.1, 0.15) is 0 Å². The Morgan fingerprint density at radius 3 is 2.76 bits per heavy atom. The summed E-state index contributed by atoms with van der Waals surface area (Å²) in [5.41, 5.74) is 0.691. The highest BCUT2D eigenvalue weighted by Gasteiger charge is 2.12. The van der Waals surface area contributed by atoms with Gasteiger partial charge in [-0.25, -0.2) is 17.7 Å². The fourth-order valence-corrected chi connectivity index (χ4v) is 1.89. The molecule has 1 heterocycles. The lowest BCUT2D eigenvalue weighted by Gasteiger charge is -2.10. The van der Waals surface area contributed by atoms with Crippen LogP contribution >= 0.6 is 0 Å². The molecule has 0 unspecified atom stereocenters. The van der Waals surface area contributed by atoms with Crippen molar-refractivity contribution in [2.24, 2.45) is 0 Å². The minimum atomic E-state index is -3.15. The van der Waals surface area contributed by atoms with Crippen LogP contribution in [0.2, 0.25) is 0 Å². The predicted molar refractivity (Wildman–Crippen MR) is 63.2 cm³/mol. The van der Waals surface area contributed by atoms with E-state index in [0.717, 1.165) is 0 Å². The number of aryl methyl sites for hydroxylation is 1. The molecular weight excluding hydrogens is 242 g/mol. The van der Waals surface area contributed by atoms with Crippen LogP contribution in [0.3, 0.4) is 0 Å². The Bertz CT molecular complexity index is 460. The average molecular weight is 258 g/mol. The molecule has 7 heteroatoms. The maximum absolute atomic E-state index is 11.4. The number of hydrogen-bond acceptors (Lipinski definition) is 5. The van der Waals surface area contributed by atoms with Gasteiger partial charge in [-0.1, -0.05) is 0 Å². The Morgan fingerprint density at radius 2 is 2.18 bits per heavy atom. The van der Waals surface area contributed by atoms with Crippen LogP contribution in [-0.2, 0) is 10.0 Å². The summed E-state index contributed by atoms with van der Waals surface area (Å²) in [4.78, 5) is 7.85. The number of rotatable bonds is 6. The SMILES string of the molecule is Cc1[c]cnc(OCCCS(=O)(=O)N(C)C)n1. The van der Waals surface area contributed by atoms with E-state index in [4.69, 9.17) is 4.74 Å². The maximum atomic E-state index is 11.4. The molecule has 1 rings (SSSR count). The second kappa shape index (κ2) is 5.92. The van der Waals surface area contributed by atoms with Gasteiger partial charge in [-0.2, -0.15) is 4.98 Å². The Labute approximate surface area is 102 Å². The normalized spacial score (nSPS) is 11.8.